The van der Waals surface area contributed by atoms with Crippen molar-refractivity contribution in [1.29, 1.82) is 0 Å². The van der Waals surface area contributed by atoms with Crippen LogP contribution >= 0.6 is 12.2 Å². The minimum Gasteiger partial charge on any atom is -0.389 e. The smallest absolute Gasteiger partial charge is 0.192 e. The molecule has 0 aliphatic rings. The molecule has 3 nitrogen and oxygen atoms in total. The number of hydrogen-bond donors (Lipinski definition) is 1. The number of rotatable bonds is 2. The van der Waals surface area contributed by atoms with Crippen LogP contribution in [0.5, 0.6) is 0 Å². The van der Waals surface area contributed by atoms with E-state index in [1.54, 1.807) is 29.7 Å². The van der Waals surface area contributed by atoms with Gasteiger partial charge in [-0.15, -0.1) is 0 Å². The molecule has 2 N–H and O–H groups in total. The van der Waals surface area contributed by atoms with Crippen molar-refractivity contribution in [1.82, 2.24) is 4.57 Å². The van der Waals surface area contributed by atoms with Crippen LogP contribution in [0.1, 0.15) is 11.3 Å². The van der Waals surface area contributed by atoms with Crippen LogP contribution in [-0.2, 0) is 0 Å². The fourth-order valence-electron chi connectivity index (χ4n) is 1.72. The van der Waals surface area contributed by atoms with E-state index in [-0.39, 0.29) is 21.8 Å². The van der Waals surface area contributed by atoms with Gasteiger partial charge in [-0.2, -0.15) is 0 Å². The Labute approximate surface area is 109 Å². The number of nitrogens with two attached hydrogens (primary N) is 1. The fraction of sp³-hybridized carbons (Fsp3) is 0.0769. The zero-order chi connectivity index (χ0) is 13.3. The summed E-state index contributed by atoms with van der Waals surface area (Å²) in [7, 11) is 0. The molecule has 92 valence electrons. The topological polar surface area (TPSA) is 48.0 Å². The van der Waals surface area contributed by atoms with Gasteiger partial charge in [-0.25, -0.2) is 4.39 Å². The third kappa shape index (κ3) is 2.17. The van der Waals surface area contributed by atoms with Gasteiger partial charge in [-0.1, -0.05) is 24.4 Å². The normalized spacial score (nSPS) is 10.3. The van der Waals surface area contributed by atoms with E-state index in [1.165, 1.54) is 18.3 Å². The number of para-hydroxylation sites is 1. The summed E-state index contributed by atoms with van der Waals surface area (Å²) in [5, 5.41) is 0. The van der Waals surface area contributed by atoms with Crippen LogP contribution in [0.15, 0.2) is 41.3 Å². The van der Waals surface area contributed by atoms with Gasteiger partial charge in [0.2, 0.25) is 0 Å². The van der Waals surface area contributed by atoms with Gasteiger partial charge in [0.05, 0.1) is 11.3 Å². The summed E-state index contributed by atoms with van der Waals surface area (Å²) in [6, 6.07) is 7.69. The minimum atomic E-state index is -0.377. The number of halogens is 1. The lowest BCUT2D eigenvalue weighted by atomic mass is 10.2. The molecule has 0 saturated carbocycles. The van der Waals surface area contributed by atoms with E-state index in [4.69, 9.17) is 18.0 Å². The highest BCUT2D eigenvalue weighted by Crippen LogP contribution is 2.14. The van der Waals surface area contributed by atoms with Crippen molar-refractivity contribution in [3.63, 3.8) is 0 Å². The van der Waals surface area contributed by atoms with Gasteiger partial charge < -0.3 is 10.3 Å². The molecule has 0 radical (unpaired) electrons. The molecular formula is C13H11FN2OS. The minimum absolute atomic E-state index is 0.00471. The molecule has 0 aliphatic carbocycles. The maximum Gasteiger partial charge on any atom is 0.192 e. The zero-order valence-electron chi connectivity index (χ0n) is 9.68. The molecule has 0 bridgehead atoms. The third-order valence-corrected chi connectivity index (χ3v) is 2.84. The Morgan fingerprint density at radius 3 is 2.67 bits per heavy atom. The molecule has 0 unspecified atom stereocenters. The standard InChI is InChI=1S/C13H11FN2OS/c1-8-6-12(17)9(13(15)18)7-16(8)11-5-3-2-4-10(11)14/h2-7H,1H3,(H2,15,18). The van der Waals surface area contributed by atoms with Gasteiger partial charge in [0.25, 0.3) is 0 Å². The first-order valence-electron chi connectivity index (χ1n) is 5.28. The molecule has 0 amide bonds. The predicted molar refractivity (Wildman–Crippen MR) is 72.6 cm³/mol. The SMILES string of the molecule is Cc1cc(=O)c(C(N)=S)cn1-c1ccccc1F. The Morgan fingerprint density at radius 1 is 1.39 bits per heavy atom. The Bertz CT molecular complexity index is 679. The highest BCUT2D eigenvalue weighted by atomic mass is 32.1. The van der Waals surface area contributed by atoms with Crippen LogP contribution < -0.4 is 11.2 Å². The molecule has 1 heterocycles. The first-order chi connectivity index (χ1) is 8.50. The number of nitrogens with zero attached hydrogens (tertiary/aromatic N) is 1. The summed E-state index contributed by atoms with van der Waals surface area (Å²) in [6.07, 6.45) is 1.47. The number of aryl methyl sites for hydroxylation is 1. The molecule has 0 fully saturated rings. The zero-order valence-corrected chi connectivity index (χ0v) is 10.5. The van der Waals surface area contributed by atoms with Gasteiger partial charge in [0.15, 0.2) is 5.43 Å². The fourth-order valence-corrected chi connectivity index (χ4v) is 1.88. The van der Waals surface area contributed by atoms with Crippen LogP contribution in [0.3, 0.4) is 0 Å². The molecule has 18 heavy (non-hydrogen) atoms. The number of benzene rings is 1. The first kappa shape index (κ1) is 12.4. The van der Waals surface area contributed by atoms with Crippen molar-refractivity contribution in [3.8, 4) is 5.69 Å². The predicted octanol–water partition coefficient (Wildman–Crippen LogP) is 1.92. The molecule has 0 spiro atoms. The summed E-state index contributed by atoms with van der Waals surface area (Å²) in [5.74, 6) is -0.377. The molecular weight excluding hydrogens is 251 g/mol. The first-order valence-corrected chi connectivity index (χ1v) is 5.69. The van der Waals surface area contributed by atoms with Crippen LogP contribution in [0.25, 0.3) is 5.69 Å². The quantitative estimate of drug-likeness (QED) is 0.841. The Hall–Kier alpha value is -2.01. The summed E-state index contributed by atoms with van der Waals surface area (Å²) in [4.78, 5) is 11.7. The second-order valence-corrected chi connectivity index (χ2v) is 4.32. The molecule has 1 aromatic carbocycles. The molecule has 0 atom stereocenters. The van der Waals surface area contributed by atoms with Crippen LogP contribution in [0, 0.1) is 12.7 Å². The maximum absolute atomic E-state index is 13.7. The van der Waals surface area contributed by atoms with E-state index in [0.29, 0.717) is 11.4 Å². The lowest BCUT2D eigenvalue weighted by Gasteiger charge is -2.12. The van der Waals surface area contributed by atoms with Crippen molar-refractivity contribution in [2.75, 3.05) is 0 Å². The molecule has 0 saturated heterocycles. The maximum atomic E-state index is 13.7. The van der Waals surface area contributed by atoms with E-state index in [9.17, 15) is 9.18 Å². The van der Waals surface area contributed by atoms with Crippen molar-refractivity contribution in [2.45, 2.75) is 6.92 Å². The molecule has 1 aromatic heterocycles. The lowest BCUT2D eigenvalue weighted by Crippen LogP contribution is -2.23. The second-order valence-electron chi connectivity index (χ2n) is 3.88. The second kappa shape index (κ2) is 4.70. The van der Waals surface area contributed by atoms with E-state index >= 15 is 0 Å². The largest absolute Gasteiger partial charge is 0.389 e. The van der Waals surface area contributed by atoms with E-state index < -0.39 is 0 Å². The van der Waals surface area contributed by atoms with Crippen LogP contribution in [0.2, 0.25) is 0 Å². The highest BCUT2D eigenvalue weighted by Gasteiger charge is 2.10. The monoisotopic (exact) mass is 262 g/mol. The summed E-state index contributed by atoms with van der Waals surface area (Å²) < 4.78 is 15.3. The third-order valence-electron chi connectivity index (χ3n) is 2.62. The summed E-state index contributed by atoms with van der Waals surface area (Å²) >= 11 is 4.81. The average Bonchev–Trinajstić information content (AvgIpc) is 2.30. The van der Waals surface area contributed by atoms with Crippen molar-refractivity contribution in [3.05, 3.63) is 63.8 Å². The van der Waals surface area contributed by atoms with Gasteiger partial charge in [-0.05, 0) is 19.1 Å². The van der Waals surface area contributed by atoms with Crippen molar-refractivity contribution in [2.24, 2.45) is 5.73 Å². The van der Waals surface area contributed by atoms with Crippen LogP contribution in [0.4, 0.5) is 4.39 Å². The van der Waals surface area contributed by atoms with E-state index in [0.717, 1.165) is 0 Å². The number of aromatic nitrogens is 1. The van der Waals surface area contributed by atoms with Gasteiger partial charge >= 0.3 is 0 Å². The van der Waals surface area contributed by atoms with E-state index in [2.05, 4.69) is 0 Å². The number of hydrogen-bond acceptors (Lipinski definition) is 2. The number of thiocarbonyl (C=S) groups is 1. The van der Waals surface area contributed by atoms with E-state index in [1.807, 2.05) is 0 Å². The van der Waals surface area contributed by atoms with Crippen molar-refractivity contribution >= 4 is 17.2 Å². The summed E-state index contributed by atoms with van der Waals surface area (Å²) in [6.45, 7) is 1.72. The van der Waals surface area contributed by atoms with Crippen molar-refractivity contribution < 1.29 is 4.39 Å². The summed E-state index contributed by atoms with van der Waals surface area (Å²) in [5.41, 5.74) is 6.39. The Balaban J connectivity index is 2.73. The van der Waals surface area contributed by atoms with Gasteiger partial charge in [-0.3, -0.25) is 4.79 Å². The number of pyridine rings is 1. The molecule has 5 heteroatoms. The average molecular weight is 262 g/mol. The Kier molecular flexibility index (Phi) is 3.25. The highest BCUT2D eigenvalue weighted by molar-refractivity contribution is 7.80. The van der Waals surface area contributed by atoms with Crippen LogP contribution in [-0.4, -0.2) is 9.56 Å². The molecule has 0 aliphatic heterocycles. The lowest BCUT2D eigenvalue weighted by molar-refractivity contribution is 0.616. The molecule has 2 rings (SSSR count). The van der Waals surface area contributed by atoms with Gasteiger partial charge in [0.1, 0.15) is 10.8 Å². The molecule has 2 aromatic rings. The van der Waals surface area contributed by atoms with Gasteiger partial charge in [0, 0.05) is 18.0 Å². The Morgan fingerprint density at radius 2 is 2.06 bits per heavy atom.